The average molecular weight is 336 g/mol. The molecule has 0 N–H and O–H groups in total. The van der Waals surface area contributed by atoms with Crippen LogP contribution in [0.3, 0.4) is 0 Å². The van der Waals surface area contributed by atoms with E-state index in [1.165, 1.54) is 6.42 Å². The van der Waals surface area contributed by atoms with E-state index in [-0.39, 0.29) is 12.3 Å². The first-order valence-corrected chi connectivity index (χ1v) is 8.66. The Balaban J connectivity index is 1.56. The number of hydrogen-bond donors (Lipinski definition) is 0. The van der Waals surface area contributed by atoms with Crippen molar-refractivity contribution in [3.05, 3.63) is 51.4 Å². The van der Waals surface area contributed by atoms with Crippen LogP contribution in [0.1, 0.15) is 36.0 Å². The molecule has 6 nitrogen and oxygen atoms in total. The molecule has 0 amide bonds. The van der Waals surface area contributed by atoms with Gasteiger partial charge in [0.2, 0.25) is 5.88 Å². The molecule has 3 heterocycles. The van der Waals surface area contributed by atoms with Crippen molar-refractivity contribution in [3.63, 3.8) is 0 Å². The van der Waals surface area contributed by atoms with Gasteiger partial charge in [0.1, 0.15) is 12.4 Å². The highest BCUT2D eigenvalue weighted by Crippen LogP contribution is 2.32. The lowest BCUT2D eigenvalue weighted by atomic mass is 10.0. The van der Waals surface area contributed by atoms with Crippen LogP contribution in [0.15, 0.2) is 29.1 Å². The summed E-state index contributed by atoms with van der Waals surface area (Å²) in [4.78, 5) is 18.7. The molecule has 1 saturated heterocycles. The zero-order chi connectivity index (χ0) is 17.4. The summed E-state index contributed by atoms with van der Waals surface area (Å²) in [6.45, 7) is 3.90. The van der Waals surface area contributed by atoms with Crippen LogP contribution in [-0.4, -0.2) is 22.1 Å². The number of rotatable bonds is 3. The van der Waals surface area contributed by atoms with E-state index in [1.807, 2.05) is 31.2 Å². The number of hydrogen-bond acceptors (Lipinski definition) is 5. The number of nitriles is 1. The molecule has 0 aliphatic carbocycles. The smallest absolute Gasteiger partial charge is 0.352 e. The van der Waals surface area contributed by atoms with E-state index in [4.69, 9.17) is 10.00 Å². The molecule has 1 unspecified atom stereocenters. The van der Waals surface area contributed by atoms with E-state index < -0.39 is 0 Å². The fourth-order valence-electron chi connectivity index (χ4n) is 3.70. The lowest BCUT2D eigenvalue weighted by Crippen LogP contribution is -2.36. The number of ether oxygens (including phenoxy) is 1. The van der Waals surface area contributed by atoms with Crippen LogP contribution in [0.4, 0.5) is 5.82 Å². The third-order valence-electron chi connectivity index (χ3n) is 5.09. The molecular formula is C19H20N4O2. The number of aryl methyl sites for hydroxylation is 1. The Morgan fingerprint density at radius 1 is 1.36 bits per heavy atom. The molecule has 1 aromatic heterocycles. The average Bonchev–Trinajstić information content (AvgIpc) is 3.00. The molecule has 1 fully saturated rings. The normalized spacial score (nSPS) is 18.4. The lowest BCUT2D eigenvalue weighted by molar-refractivity contribution is 0.291. The van der Waals surface area contributed by atoms with Gasteiger partial charge in [-0.15, -0.1) is 0 Å². The second-order valence-electron chi connectivity index (χ2n) is 6.74. The summed E-state index contributed by atoms with van der Waals surface area (Å²) >= 11 is 0. The van der Waals surface area contributed by atoms with E-state index in [0.717, 1.165) is 42.9 Å². The second-order valence-corrected chi connectivity index (χ2v) is 6.74. The molecule has 2 aliphatic rings. The molecular weight excluding hydrogens is 316 g/mol. The van der Waals surface area contributed by atoms with Crippen molar-refractivity contribution in [2.75, 3.05) is 11.4 Å². The van der Waals surface area contributed by atoms with Crippen molar-refractivity contribution in [1.82, 2.24) is 9.55 Å². The van der Waals surface area contributed by atoms with Crippen molar-refractivity contribution in [2.45, 2.75) is 45.4 Å². The topological polar surface area (TPSA) is 71.2 Å². The Kier molecular flexibility index (Phi) is 3.92. The van der Waals surface area contributed by atoms with Crippen LogP contribution in [0.5, 0.6) is 5.88 Å². The molecule has 4 rings (SSSR count). The first-order valence-electron chi connectivity index (χ1n) is 8.66. The summed E-state index contributed by atoms with van der Waals surface area (Å²) in [7, 11) is 0. The Bertz CT molecular complexity index is 913. The van der Waals surface area contributed by atoms with Gasteiger partial charge in [0.25, 0.3) is 0 Å². The highest BCUT2D eigenvalue weighted by Gasteiger charge is 2.32. The summed E-state index contributed by atoms with van der Waals surface area (Å²) in [6.07, 6.45) is 3.50. The second kappa shape index (κ2) is 6.25. The highest BCUT2D eigenvalue weighted by atomic mass is 16.5. The van der Waals surface area contributed by atoms with Crippen molar-refractivity contribution in [1.29, 1.82) is 5.26 Å². The van der Waals surface area contributed by atoms with Crippen LogP contribution in [0, 0.1) is 18.3 Å². The summed E-state index contributed by atoms with van der Waals surface area (Å²) in [6, 6.07) is 10.1. The van der Waals surface area contributed by atoms with Crippen LogP contribution in [0.25, 0.3) is 0 Å². The molecule has 2 aliphatic heterocycles. The number of anilines is 1. The molecule has 2 aromatic rings. The molecule has 6 heteroatoms. The molecule has 1 atom stereocenters. The largest absolute Gasteiger partial charge is 0.473 e. The summed E-state index contributed by atoms with van der Waals surface area (Å²) in [5.41, 5.74) is 2.22. The van der Waals surface area contributed by atoms with Gasteiger partial charge in [0, 0.05) is 25.2 Å². The maximum Gasteiger partial charge on any atom is 0.352 e. The van der Waals surface area contributed by atoms with E-state index in [9.17, 15) is 4.79 Å². The SMILES string of the molecule is Cc1ccc(COc2cc3n(c(=O)n2)CC2CCCCN32)cc1C#N. The van der Waals surface area contributed by atoms with Crippen molar-refractivity contribution >= 4 is 5.82 Å². The van der Waals surface area contributed by atoms with Gasteiger partial charge in [0.15, 0.2) is 0 Å². The number of piperidine rings is 1. The zero-order valence-corrected chi connectivity index (χ0v) is 14.2. The fraction of sp³-hybridized carbons (Fsp3) is 0.421. The minimum absolute atomic E-state index is 0.247. The molecule has 1 aromatic carbocycles. The monoisotopic (exact) mass is 336 g/mol. The number of benzene rings is 1. The summed E-state index contributed by atoms with van der Waals surface area (Å²) in [5, 5.41) is 9.13. The first kappa shape index (κ1) is 15.7. The molecule has 0 spiro atoms. The minimum atomic E-state index is -0.247. The Morgan fingerprint density at radius 2 is 2.24 bits per heavy atom. The quantitative estimate of drug-likeness (QED) is 0.860. The number of fused-ring (bicyclic) bond motifs is 3. The van der Waals surface area contributed by atoms with Gasteiger partial charge in [-0.1, -0.05) is 12.1 Å². The number of aromatic nitrogens is 2. The Hall–Kier alpha value is -2.81. The molecule has 0 saturated carbocycles. The predicted molar refractivity (Wildman–Crippen MR) is 93.7 cm³/mol. The van der Waals surface area contributed by atoms with Gasteiger partial charge in [-0.3, -0.25) is 4.57 Å². The van der Waals surface area contributed by atoms with E-state index in [1.54, 1.807) is 4.57 Å². The Morgan fingerprint density at radius 3 is 3.08 bits per heavy atom. The van der Waals surface area contributed by atoms with Crippen molar-refractivity contribution in [2.24, 2.45) is 0 Å². The highest BCUT2D eigenvalue weighted by molar-refractivity contribution is 5.47. The first-order chi connectivity index (χ1) is 12.2. The van der Waals surface area contributed by atoms with Gasteiger partial charge in [0.05, 0.1) is 11.6 Å². The van der Waals surface area contributed by atoms with Crippen LogP contribution in [-0.2, 0) is 13.2 Å². The van der Waals surface area contributed by atoms with E-state index in [0.29, 0.717) is 17.5 Å². The van der Waals surface area contributed by atoms with Crippen LogP contribution >= 0.6 is 0 Å². The van der Waals surface area contributed by atoms with E-state index >= 15 is 0 Å². The molecule has 128 valence electrons. The lowest BCUT2D eigenvalue weighted by Gasteiger charge is -2.30. The number of nitrogens with zero attached hydrogens (tertiary/aromatic N) is 4. The maximum absolute atomic E-state index is 12.3. The summed E-state index contributed by atoms with van der Waals surface area (Å²) < 4.78 is 7.51. The maximum atomic E-state index is 12.3. The van der Waals surface area contributed by atoms with Crippen molar-refractivity contribution in [3.8, 4) is 11.9 Å². The van der Waals surface area contributed by atoms with Gasteiger partial charge >= 0.3 is 5.69 Å². The molecule has 0 bridgehead atoms. The third kappa shape index (κ3) is 2.86. The minimum Gasteiger partial charge on any atom is -0.473 e. The van der Waals surface area contributed by atoms with E-state index in [2.05, 4.69) is 16.0 Å². The fourth-order valence-corrected chi connectivity index (χ4v) is 3.70. The van der Waals surface area contributed by atoms with Gasteiger partial charge in [-0.25, -0.2) is 4.79 Å². The van der Waals surface area contributed by atoms with Crippen LogP contribution < -0.4 is 15.3 Å². The molecule has 25 heavy (non-hydrogen) atoms. The predicted octanol–water partition coefficient (Wildman–Crippen LogP) is 2.37. The van der Waals surface area contributed by atoms with Gasteiger partial charge in [-0.2, -0.15) is 10.2 Å². The van der Waals surface area contributed by atoms with Gasteiger partial charge < -0.3 is 9.64 Å². The van der Waals surface area contributed by atoms with Gasteiger partial charge in [-0.05, 0) is 43.4 Å². The Labute approximate surface area is 146 Å². The zero-order valence-electron chi connectivity index (χ0n) is 14.2. The molecule has 0 radical (unpaired) electrons. The summed E-state index contributed by atoms with van der Waals surface area (Å²) in [5.74, 6) is 1.27. The third-order valence-corrected chi connectivity index (χ3v) is 5.09. The van der Waals surface area contributed by atoms with Crippen molar-refractivity contribution < 1.29 is 4.74 Å². The van der Waals surface area contributed by atoms with Crippen LogP contribution in [0.2, 0.25) is 0 Å². The standard InChI is InChI=1S/C19H20N4O2/c1-13-5-6-14(8-15(13)10-20)12-25-17-9-18-22-7-3-2-4-16(22)11-23(18)19(24)21-17/h5-6,8-9,16H,2-4,7,11-12H2,1H3.